The minimum Gasteiger partial charge on any atom is -0.443 e. The number of hydrogen-bond donors (Lipinski definition) is 0. The fourth-order valence-corrected chi connectivity index (χ4v) is 4.00. The normalized spacial score (nSPS) is 17.5. The van der Waals surface area contributed by atoms with Crippen LogP contribution in [0.5, 0.6) is 0 Å². The number of nitrogens with zero attached hydrogens (tertiary/aromatic N) is 3. The first-order valence-corrected chi connectivity index (χ1v) is 11.6. The van der Waals surface area contributed by atoms with Crippen molar-refractivity contribution in [3.63, 3.8) is 0 Å². The predicted molar refractivity (Wildman–Crippen MR) is 127 cm³/mol. The fraction of sp³-hybridized carbons (Fsp3) is 0.500. The molecule has 1 aliphatic rings. The summed E-state index contributed by atoms with van der Waals surface area (Å²) < 4.78 is 5.62. The van der Waals surface area contributed by atoms with Gasteiger partial charge in [0.25, 0.3) is 5.91 Å². The summed E-state index contributed by atoms with van der Waals surface area (Å²) in [6, 6.07) is 13.2. The predicted octanol–water partition coefficient (Wildman–Crippen LogP) is 5.99. The number of aromatic nitrogens is 1. The smallest absolute Gasteiger partial charge is 0.416 e. The van der Waals surface area contributed by atoms with Crippen LogP contribution in [0.4, 0.5) is 10.6 Å². The van der Waals surface area contributed by atoms with Crippen LogP contribution in [-0.4, -0.2) is 40.1 Å². The van der Waals surface area contributed by atoms with E-state index >= 15 is 0 Å². The molecule has 1 aromatic heterocycles. The molecule has 6 heteroatoms. The van der Waals surface area contributed by atoms with Crippen molar-refractivity contribution in [3.05, 3.63) is 59.8 Å². The van der Waals surface area contributed by atoms with Gasteiger partial charge in [0.1, 0.15) is 11.4 Å². The van der Waals surface area contributed by atoms with Gasteiger partial charge in [0, 0.05) is 24.3 Å². The molecule has 1 aromatic carbocycles. The largest absolute Gasteiger partial charge is 0.443 e. The molecule has 0 unspecified atom stereocenters. The zero-order chi connectivity index (χ0) is 23.3. The van der Waals surface area contributed by atoms with Crippen molar-refractivity contribution in [1.82, 2.24) is 9.88 Å². The van der Waals surface area contributed by atoms with E-state index in [0.717, 1.165) is 37.8 Å². The Morgan fingerprint density at radius 2 is 1.88 bits per heavy atom. The average molecular weight is 438 g/mol. The molecular formula is C26H35N3O3. The first-order valence-electron chi connectivity index (χ1n) is 11.6. The molecule has 1 saturated heterocycles. The van der Waals surface area contributed by atoms with E-state index in [1.54, 1.807) is 11.1 Å². The molecule has 3 rings (SSSR count). The third-order valence-electron chi connectivity index (χ3n) is 5.81. The van der Waals surface area contributed by atoms with Crippen molar-refractivity contribution in [2.24, 2.45) is 0 Å². The summed E-state index contributed by atoms with van der Waals surface area (Å²) in [4.78, 5) is 34.2. The maximum absolute atomic E-state index is 13.1. The molecule has 1 fully saturated rings. The maximum atomic E-state index is 13.1. The zero-order valence-electron chi connectivity index (χ0n) is 19.9. The molecule has 0 bridgehead atoms. The van der Waals surface area contributed by atoms with Crippen molar-refractivity contribution < 1.29 is 14.3 Å². The second-order valence-corrected chi connectivity index (χ2v) is 9.43. The summed E-state index contributed by atoms with van der Waals surface area (Å²) in [6.07, 6.45) is 5.16. The van der Waals surface area contributed by atoms with E-state index in [9.17, 15) is 9.59 Å². The van der Waals surface area contributed by atoms with Crippen LogP contribution in [0.15, 0.2) is 48.7 Å². The number of ether oxygens (including phenoxy) is 1. The quantitative estimate of drug-likeness (QED) is 0.576. The van der Waals surface area contributed by atoms with Gasteiger partial charge < -0.3 is 9.64 Å². The van der Waals surface area contributed by atoms with Gasteiger partial charge in [0.05, 0.1) is 6.04 Å². The van der Waals surface area contributed by atoms with Gasteiger partial charge in [-0.2, -0.15) is 0 Å². The number of hydrogen-bond acceptors (Lipinski definition) is 4. The second-order valence-electron chi connectivity index (χ2n) is 9.43. The monoisotopic (exact) mass is 437 g/mol. The van der Waals surface area contributed by atoms with Crippen LogP contribution in [0.2, 0.25) is 0 Å². The van der Waals surface area contributed by atoms with E-state index < -0.39 is 11.7 Å². The van der Waals surface area contributed by atoms with Gasteiger partial charge in [0.15, 0.2) is 0 Å². The lowest BCUT2D eigenvalue weighted by Crippen LogP contribution is -2.42. The maximum Gasteiger partial charge on any atom is 0.416 e. The average Bonchev–Trinajstić information content (AvgIpc) is 2.78. The highest BCUT2D eigenvalue weighted by Gasteiger charge is 2.31. The number of rotatable bonds is 5. The van der Waals surface area contributed by atoms with Gasteiger partial charge in [-0.25, -0.2) is 9.78 Å². The standard InChI is InChI=1S/C26H35N3O3/c1-6-19(2)29(25(31)32-26(3,4)5)23-16-15-21(18-27-23)22-14-10-11-17-28(22)24(30)20-12-8-7-9-13-20/h7-9,12-13,15-16,18-19,22H,6,10-11,14,17H2,1-5H3/t19-,22+/m1/s1. The van der Waals surface area contributed by atoms with Crippen molar-refractivity contribution in [2.75, 3.05) is 11.4 Å². The number of piperidine rings is 1. The third-order valence-corrected chi connectivity index (χ3v) is 5.81. The summed E-state index contributed by atoms with van der Waals surface area (Å²) in [5.74, 6) is 0.614. The molecule has 6 nitrogen and oxygen atoms in total. The van der Waals surface area contributed by atoms with Gasteiger partial charge in [-0.1, -0.05) is 31.2 Å². The lowest BCUT2D eigenvalue weighted by molar-refractivity contribution is 0.0565. The van der Waals surface area contributed by atoms with Crippen LogP contribution in [0, 0.1) is 0 Å². The minimum absolute atomic E-state index is 0.0171. The molecular weight excluding hydrogens is 402 g/mol. The van der Waals surface area contributed by atoms with E-state index in [2.05, 4.69) is 4.98 Å². The Kier molecular flexibility index (Phi) is 7.54. The van der Waals surface area contributed by atoms with E-state index in [1.165, 1.54) is 0 Å². The van der Waals surface area contributed by atoms with Gasteiger partial charge in [-0.05, 0) is 77.1 Å². The number of likely N-dealkylation sites (tertiary alicyclic amines) is 1. The molecule has 0 radical (unpaired) electrons. The molecule has 2 heterocycles. The van der Waals surface area contributed by atoms with Crippen LogP contribution in [0.25, 0.3) is 0 Å². The molecule has 172 valence electrons. The lowest BCUT2D eigenvalue weighted by Gasteiger charge is -2.36. The fourth-order valence-electron chi connectivity index (χ4n) is 4.00. The Balaban J connectivity index is 1.84. The summed E-state index contributed by atoms with van der Waals surface area (Å²) in [5, 5.41) is 0. The van der Waals surface area contributed by atoms with E-state index in [-0.39, 0.29) is 18.0 Å². The number of carbonyl (C=O) groups excluding carboxylic acids is 2. The summed E-state index contributed by atoms with van der Waals surface area (Å²) >= 11 is 0. The molecule has 0 aliphatic carbocycles. The molecule has 2 atom stereocenters. The molecule has 2 aromatic rings. The highest BCUT2D eigenvalue weighted by Crippen LogP contribution is 2.33. The van der Waals surface area contributed by atoms with Crippen molar-refractivity contribution in [1.29, 1.82) is 0 Å². The minimum atomic E-state index is -0.580. The van der Waals surface area contributed by atoms with E-state index in [0.29, 0.717) is 11.4 Å². The SMILES string of the molecule is CC[C@@H](C)N(C(=O)OC(C)(C)C)c1ccc([C@@H]2CCCCN2C(=O)c2ccccc2)cn1. The third kappa shape index (κ3) is 5.67. The summed E-state index contributed by atoms with van der Waals surface area (Å²) in [6.45, 7) is 10.3. The Bertz CT molecular complexity index is 906. The Labute approximate surface area is 191 Å². The number of benzene rings is 1. The van der Waals surface area contributed by atoms with Gasteiger partial charge in [-0.3, -0.25) is 9.69 Å². The van der Waals surface area contributed by atoms with Crippen molar-refractivity contribution in [3.8, 4) is 0 Å². The van der Waals surface area contributed by atoms with Gasteiger partial charge >= 0.3 is 6.09 Å². The van der Waals surface area contributed by atoms with E-state index in [1.807, 2.05) is 82.0 Å². The Morgan fingerprint density at radius 3 is 2.47 bits per heavy atom. The number of anilines is 1. The van der Waals surface area contributed by atoms with Crippen molar-refractivity contribution in [2.45, 2.75) is 78.0 Å². The van der Waals surface area contributed by atoms with Gasteiger partial charge in [0.2, 0.25) is 0 Å². The van der Waals surface area contributed by atoms with Crippen molar-refractivity contribution >= 4 is 17.8 Å². The molecule has 0 N–H and O–H groups in total. The number of pyridine rings is 1. The highest BCUT2D eigenvalue weighted by molar-refractivity contribution is 5.94. The Hall–Kier alpha value is -2.89. The molecule has 32 heavy (non-hydrogen) atoms. The highest BCUT2D eigenvalue weighted by atomic mass is 16.6. The number of carbonyl (C=O) groups is 2. The second kappa shape index (κ2) is 10.2. The molecule has 0 saturated carbocycles. The molecule has 2 amide bonds. The summed E-state index contributed by atoms with van der Waals surface area (Å²) in [7, 11) is 0. The van der Waals surface area contributed by atoms with Crippen LogP contribution in [-0.2, 0) is 4.74 Å². The topological polar surface area (TPSA) is 62.7 Å². The molecule has 0 spiro atoms. The van der Waals surface area contributed by atoms with Gasteiger partial charge in [-0.15, -0.1) is 0 Å². The first-order chi connectivity index (χ1) is 15.2. The van der Waals surface area contributed by atoms with Crippen LogP contribution in [0.3, 0.4) is 0 Å². The van der Waals surface area contributed by atoms with Crippen LogP contribution in [0.1, 0.15) is 82.3 Å². The van der Waals surface area contributed by atoms with Crippen LogP contribution >= 0.6 is 0 Å². The zero-order valence-corrected chi connectivity index (χ0v) is 19.9. The lowest BCUT2D eigenvalue weighted by atomic mass is 9.95. The summed E-state index contributed by atoms with van der Waals surface area (Å²) in [5.41, 5.74) is 1.12. The Morgan fingerprint density at radius 1 is 1.16 bits per heavy atom. The van der Waals surface area contributed by atoms with Crippen LogP contribution < -0.4 is 4.90 Å². The van der Waals surface area contributed by atoms with E-state index in [4.69, 9.17) is 4.74 Å². The molecule has 1 aliphatic heterocycles. The first kappa shape index (κ1) is 23.8. The number of amides is 2.